The third-order valence-electron chi connectivity index (χ3n) is 3.69. The molecule has 7 nitrogen and oxygen atoms in total. The topological polar surface area (TPSA) is 90.9 Å². The third-order valence-corrected chi connectivity index (χ3v) is 3.69. The van der Waals surface area contributed by atoms with Gasteiger partial charge in [0.05, 0.1) is 30.2 Å². The van der Waals surface area contributed by atoms with Crippen LogP contribution < -0.4 is 11.3 Å². The molecule has 106 valence electrons. The molecule has 2 aromatic rings. The highest BCUT2D eigenvalue weighted by molar-refractivity contribution is 5.64. The molecule has 20 heavy (non-hydrogen) atoms. The van der Waals surface area contributed by atoms with Crippen LogP contribution in [0, 0.1) is 13.8 Å². The molecule has 0 bridgehead atoms. The van der Waals surface area contributed by atoms with Crippen molar-refractivity contribution in [3.05, 3.63) is 22.6 Å². The van der Waals surface area contributed by atoms with E-state index < -0.39 is 0 Å². The molecule has 0 fully saturated rings. The monoisotopic (exact) mass is 274 g/mol. The Morgan fingerprint density at radius 2 is 2.10 bits per heavy atom. The summed E-state index contributed by atoms with van der Waals surface area (Å²) in [6, 6.07) is 0. The van der Waals surface area contributed by atoms with Crippen molar-refractivity contribution in [3.8, 4) is 11.4 Å². The van der Waals surface area contributed by atoms with Gasteiger partial charge in [-0.2, -0.15) is 5.10 Å². The Balaban J connectivity index is 2.19. The fraction of sp³-hybridized carbons (Fsp3) is 0.462. The number of nitrogens with one attached hydrogen (secondary N) is 1. The molecule has 3 rings (SSSR count). The minimum atomic E-state index is 0.500. The zero-order valence-electron chi connectivity index (χ0n) is 11.9. The van der Waals surface area contributed by atoms with Crippen LogP contribution in [-0.2, 0) is 24.8 Å². The van der Waals surface area contributed by atoms with Crippen LogP contribution in [0.1, 0.15) is 22.6 Å². The number of ether oxygens (including phenoxy) is 1. The van der Waals surface area contributed by atoms with Gasteiger partial charge >= 0.3 is 0 Å². The number of hydrogen-bond donors (Lipinski definition) is 2. The van der Waals surface area contributed by atoms with Crippen LogP contribution in [0.5, 0.6) is 0 Å². The van der Waals surface area contributed by atoms with Crippen LogP contribution in [0.4, 0.5) is 5.82 Å². The number of nitrogens with zero attached hydrogens (tertiary/aromatic N) is 4. The number of hydrazine groups is 1. The summed E-state index contributed by atoms with van der Waals surface area (Å²) in [7, 11) is 1.92. The van der Waals surface area contributed by atoms with Crippen molar-refractivity contribution < 1.29 is 4.74 Å². The Kier molecular flexibility index (Phi) is 3.15. The molecule has 0 atom stereocenters. The fourth-order valence-corrected chi connectivity index (χ4v) is 2.56. The van der Waals surface area contributed by atoms with Crippen LogP contribution >= 0.6 is 0 Å². The Morgan fingerprint density at radius 3 is 2.75 bits per heavy atom. The highest BCUT2D eigenvalue weighted by Crippen LogP contribution is 2.28. The first kappa shape index (κ1) is 13.0. The largest absolute Gasteiger partial charge is 0.376 e. The Morgan fingerprint density at radius 1 is 1.30 bits per heavy atom. The van der Waals surface area contributed by atoms with Gasteiger partial charge in [0, 0.05) is 24.7 Å². The first-order valence-corrected chi connectivity index (χ1v) is 6.56. The summed E-state index contributed by atoms with van der Waals surface area (Å²) < 4.78 is 7.28. The lowest BCUT2D eigenvalue weighted by Crippen LogP contribution is -2.19. The Bertz CT molecular complexity index is 646. The standard InChI is InChI=1S/C13H18N6O/c1-7-11(8(2)19(3)18-7)13-15-10-4-5-20-6-9(10)12(16-13)17-14/h4-6,14H2,1-3H3,(H,15,16,17). The van der Waals surface area contributed by atoms with Crippen LogP contribution in [-0.4, -0.2) is 26.4 Å². The quantitative estimate of drug-likeness (QED) is 0.623. The van der Waals surface area contributed by atoms with Crippen molar-refractivity contribution in [1.29, 1.82) is 0 Å². The number of aromatic nitrogens is 4. The average molecular weight is 274 g/mol. The van der Waals surface area contributed by atoms with E-state index in [2.05, 4.69) is 20.5 Å². The summed E-state index contributed by atoms with van der Waals surface area (Å²) in [6.45, 7) is 5.15. The van der Waals surface area contributed by atoms with E-state index in [0.29, 0.717) is 24.9 Å². The van der Waals surface area contributed by atoms with E-state index in [9.17, 15) is 0 Å². The molecular weight excluding hydrogens is 256 g/mol. The normalized spacial score (nSPS) is 14.2. The summed E-state index contributed by atoms with van der Waals surface area (Å²) in [5, 5.41) is 4.41. The van der Waals surface area contributed by atoms with Gasteiger partial charge in [-0.25, -0.2) is 15.8 Å². The first-order valence-electron chi connectivity index (χ1n) is 6.56. The predicted octanol–water partition coefficient (Wildman–Crippen LogP) is 0.852. The highest BCUT2D eigenvalue weighted by atomic mass is 16.5. The molecule has 1 aliphatic heterocycles. The van der Waals surface area contributed by atoms with Crippen molar-refractivity contribution >= 4 is 5.82 Å². The second-order valence-corrected chi connectivity index (χ2v) is 4.94. The molecule has 0 saturated carbocycles. The maximum absolute atomic E-state index is 5.59. The minimum absolute atomic E-state index is 0.500. The Labute approximate surface area is 117 Å². The third kappa shape index (κ3) is 1.95. The summed E-state index contributed by atoms with van der Waals surface area (Å²) in [6.07, 6.45) is 0.776. The van der Waals surface area contributed by atoms with Gasteiger partial charge in [-0.1, -0.05) is 0 Å². The van der Waals surface area contributed by atoms with Gasteiger partial charge in [0.25, 0.3) is 0 Å². The van der Waals surface area contributed by atoms with E-state index in [1.807, 2.05) is 25.6 Å². The zero-order valence-corrected chi connectivity index (χ0v) is 11.9. The minimum Gasteiger partial charge on any atom is -0.376 e. The molecule has 1 aliphatic rings. The van der Waals surface area contributed by atoms with Crippen molar-refractivity contribution in [3.63, 3.8) is 0 Å². The molecule has 3 heterocycles. The van der Waals surface area contributed by atoms with Gasteiger partial charge in [-0.05, 0) is 13.8 Å². The second-order valence-electron chi connectivity index (χ2n) is 4.94. The number of rotatable bonds is 2. The van der Waals surface area contributed by atoms with E-state index in [1.54, 1.807) is 0 Å². The summed E-state index contributed by atoms with van der Waals surface area (Å²) in [5.74, 6) is 6.89. The molecule has 0 aliphatic carbocycles. The average Bonchev–Trinajstić information content (AvgIpc) is 2.71. The molecule has 3 N–H and O–H groups in total. The van der Waals surface area contributed by atoms with Crippen molar-refractivity contribution in [2.75, 3.05) is 12.0 Å². The number of nitrogen functional groups attached to an aromatic ring is 1. The summed E-state index contributed by atoms with van der Waals surface area (Å²) >= 11 is 0. The van der Waals surface area contributed by atoms with Gasteiger partial charge in [-0.15, -0.1) is 0 Å². The SMILES string of the molecule is Cc1nn(C)c(C)c1-c1nc2c(c(NN)n1)COCC2. The van der Waals surface area contributed by atoms with Crippen LogP contribution in [0.2, 0.25) is 0 Å². The number of fused-ring (bicyclic) bond motifs is 1. The van der Waals surface area contributed by atoms with Crippen LogP contribution in [0.15, 0.2) is 0 Å². The predicted molar refractivity (Wildman–Crippen MR) is 74.9 cm³/mol. The van der Waals surface area contributed by atoms with E-state index in [0.717, 1.165) is 34.6 Å². The van der Waals surface area contributed by atoms with E-state index in [-0.39, 0.29) is 0 Å². The van der Waals surface area contributed by atoms with Gasteiger partial charge in [0.1, 0.15) is 5.82 Å². The van der Waals surface area contributed by atoms with Crippen molar-refractivity contribution in [2.24, 2.45) is 12.9 Å². The lowest BCUT2D eigenvalue weighted by Gasteiger charge is -2.19. The summed E-state index contributed by atoms with van der Waals surface area (Å²) in [5.41, 5.74) is 7.52. The molecule has 0 unspecified atom stereocenters. The highest BCUT2D eigenvalue weighted by Gasteiger charge is 2.21. The molecule has 2 aromatic heterocycles. The lowest BCUT2D eigenvalue weighted by molar-refractivity contribution is 0.109. The van der Waals surface area contributed by atoms with E-state index >= 15 is 0 Å². The van der Waals surface area contributed by atoms with Crippen LogP contribution in [0.25, 0.3) is 11.4 Å². The lowest BCUT2D eigenvalue weighted by atomic mass is 10.1. The van der Waals surface area contributed by atoms with Crippen molar-refractivity contribution in [2.45, 2.75) is 26.9 Å². The maximum atomic E-state index is 5.59. The van der Waals surface area contributed by atoms with Gasteiger partial charge in [0.2, 0.25) is 0 Å². The zero-order chi connectivity index (χ0) is 14.3. The van der Waals surface area contributed by atoms with E-state index in [4.69, 9.17) is 10.6 Å². The first-order chi connectivity index (χ1) is 9.61. The second kappa shape index (κ2) is 4.84. The van der Waals surface area contributed by atoms with E-state index in [1.165, 1.54) is 0 Å². The van der Waals surface area contributed by atoms with Gasteiger partial charge in [0.15, 0.2) is 5.82 Å². The van der Waals surface area contributed by atoms with Gasteiger partial charge in [-0.3, -0.25) is 4.68 Å². The van der Waals surface area contributed by atoms with Crippen LogP contribution in [0.3, 0.4) is 0 Å². The number of hydrogen-bond acceptors (Lipinski definition) is 6. The molecule has 0 saturated heterocycles. The smallest absolute Gasteiger partial charge is 0.165 e. The maximum Gasteiger partial charge on any atom is 0.165 e. The molecule has 0 radical (unpaired) electrons. The van der Waals surface area contributed by atoms with Gasteiger partial charge < -0.3 is 10.2 Å². The molecule has 0 amide bonds. The van der Waals surface area contributed by atoms with Crippen molar-refractivity contribution in [1.82, 2.24) is 19.7 Å². The molecular formula is C13H18N6O. The Hall–Kier alpha value is -1.99. The number of aryl methyl sites for hydroxylation is 2. The molecule has 0 spiro atoms. The number of nitrogens with two attached hydrogens (primary N) is 1. The fourth-order valence-electron chi connectivity index (χ4n) is 2.56. The molecule has 0 aromatic carbocycles. The summed E-state index contributed by atoms with van der Waals surface area (Å²) in [4.78, 5) is 9.22. The number of anilines is 1. The molecule has 7 heteroatoms.